The fourth-order valence-corrected chi connectivity index (χ4v) is 5.95. The van der Waals surface area contributed by atoms with Gasteiger partial charge in [-0.1, -0.05) is 54.2 Å². The number of hydrogen-bond donors (Lipinski definition) is 2. The van der Waals surface area contributed by atoms with Crippen LogP contribution in [0.4, 0.5) is 0 Å². The zero-order chi connectivity index (χ0) is 27.8. The summed E-state index contributed by atoms with van der Waals surface area (Å²) in [6.07, 6.45) is 9.35. The highest BCUT2D eigenvalue weighted by Crippen LogP contribution is 2.43. The summed E-state index contributed by atoms with van der Waals surface area (Å²) in [6.45, 7) is 7.46. The van der Waals surface area contributed by atoms with Crippen molar-refractivity contribution in [3.8, 4) is 0 Å². The minimum Gasteiger partial charge on any atom is -0.396 e. The highest BCUT2D eigenvalue weighted by atomic mass is 33.1. The van der Waals surface area contributed by atoms with Crippen molar-refractivity contribution in [1.29, 1.82) is 0 Å². The first-order valence-corrected chi connectivity index (χ1v) is 18.0. The molecule has 0 rings (SSSR count). The molecule has 230 valence electrons. The normalized spacial score (nSPS) is 13.2. The van der Waals surface area contributed by atoms with Crippen molar-refractivity contribution in [2.24, 2.45) is 0 Å². The molecular weight excluding hydrogens is 555 g/mol. The van der Waals surface area contributed by atoms with Crippen LogP contribution in [0.2, 0.25) is 0 Å². The Labute approximate surface area is 238 Å². The maximum atomic E-state index is 11.9. The van der Waals surface area contributed by atoms with Crippen molar-refractivity contribution in [1.82, 2.24) is 0 Å². The molecule has 0 spiro atoms. The van der Waals surface area contributed by atoms with E-state index in [2.05, 4.69) is 6.92 Å². The summed E-state index contributed by atoms with van der Waals surface area (Å²) in [6, 6.07) is 0. The van der Waals surface area contributed by atoms with Crippen LogP contribution in [-0.4, -0.2) is 107 Å². The molecule has 13 heteroatoms. The fraction of sp³-hybridized carbons (Fsp3) is 1.00. The summed E-state index contributed by atoms with van der Waals surface area (Å²) >= 11 is 0. The molecule has 0 fully saturated rings. The predicted molar refractivity (Wildman–Crippen MR) is 155 cm³/mol. The van der Waals surface area contributed by atoms with E-state index in [0.717, 1.165) is 63.1 Å². The lowest BCUT2D eigenvalue weighted by Gasteiger charge is -2.12. The zero-order valence-corrected chi connectivity index (χ0v) is 25.9. The molecule has 0 bridgehead atoms. The summed E-state index contributed by atoms with van der Waals surface area (Å²) in [5.74, 6) is 2.28. The lowest BCUT2D eigenvalue weighted by molar-refractivity contribution is -0.0134. The van der Waals surface area contributed by atoms with E-state index in [1.807, 2.05) is 21.6 Å². The number of hydrogen-bond acceptors (Lipinski definition) is 11. The Balaban J connectivity index is 3.27. The van der Waals surface area contributed by atoms with Crippen LogP contribution in [0.15, 0.2) is 0 Å². The molecule has 0 aliphatic heterocycles. The number of aliphatic hydroxyl groups excluding tert-OH is 1. The van der Waals surface area contributed by atoms with Crippen molar-refractivity contribution < 1.29 is 47.3 Å². The van der Waals surface area contributed by atoms with Gasteiger partial charge in [-0.25, -0.2) is 4.57 Å². The molecule has 0 saturated heterocycles. The second-order valence-electron chi connectivity index (χ2n) is 8.39. The van der Waals surface area contributed by atoms with Gasteiger partial charge in [0.1, 0.15) is 0 Å². The third-order valence-electron chi connectivity index (χ3n) is 4.91. The average molecular weight is 609 g/mol. The van der Waals surface area contributed by atoms with Crippen LogP contribution in [0.1, 0.15) is 64.7 Å². The first-order chi connectivity index (χ1) is 18.6. The van der Waals surface area contributed by atoms with E-state index in [4.69, 9.17) is 37.8 Å². The molecule has 0 amide bonds. The van der Waals surface area contributed by atoms with Crippen LogP contribution < -0.4 is 0 Å². The van der Waals surface area contributed by atoms with E-state index >= 15 is 0 Å². The highest BCUT2D eigenvalue weighted by molar-refractivity contribution is 8.76. The van der Waals surface area contributed by atoms with E-state index in [0.29, 0.717) is 59.5 Å². The maximum absolute atomic E-state index is 11.9. The van der Waals surface area contributed by atoms with Gasteiger partial charge >= 0.3 is 7.82 Å². The van der Waals surface area contributed by atoms with E-state index in [-0.39, 0.29) is 19.8 Å². The summed E-state index contributed by atoms with van der Waals surface area (Å²) in [5, 5.41) is 8.74. The standard InChI is InChI=1S/C25H53O10PS2/c1-2-12-29-14-15-30-16-17-31-18-19-32-20-21-33-22-23-35-36(27,28)34-13-8-4-6-10-25-38-37-24-9-5-3-7-11-26/h26H,2-25H2,1H3,(H,27,28). The number of phosphoric ester groups is 1. The Morgan fingerprint density at radius 2 is 0.921 bits per heavy atom. The van der Waals surface area contributed by atoms with Gasteiger partial charge in [-0.05, 0) is 32.1 Å². The van der Waals surface area contributed by atoms with Gasteiger partial charge in [0.25, 0.3) is 0 Å². The molecule has 0 aromatic heterocycles. The molecule has 1 atom stereocenters. The SMILES string of the molecule is CCCOCCOCCOCCOCCOCCOP(=O)(O)OCCCCCCSSCCCCCCO. The number of phosphoric acid groups is 1. The van der Waals surface area contributed by atoms with Crippen molar-refractivity contribution in [2.45, 2.75) is 64.7 Å². The molecule has 10 nitrogen and oxygen atoms in total. The summed E-state index contributed by atoms with van der Waals surface area (Å²) < 4.78 is 48.6. The molecule has 0 radical (unpaired) electrons. The summed E-state index contributed by atoms with van der Waals surface area (Å²) in [5.41, 5.74) is 0. The van der Waals surface area contributed by atoms with Gasteiger partial charge in [-0.2, -0.15) is 0 Å². The Kier molecular flexibility index (Phi) is 32.6. The molecule has 0 aromatic rings. The highest BCUT2D eigenvalue weighted by Gasteiger charge is 2.20. The van der Waals surface area contributed by atoms with Gasteiger partial charge in [0.15, 0.2) is 0 Å². The van der Waals surface area contributed by atoms with Gasteiger partial charge in [-0.3, -0.25) is 9.05 Å². The van der Waals surface area contributed by atoms with Crippen molar-refractivity contribution in [3.63, 3.8) is 0 Å². The molecule has 1 unspecified atom stereocenters. The van der Waals surface area contributed by atoms with Gasteiger partial charge in [-0.15, -0.1) is 0 Å². The van der Waals surface area contributed by atoms with Crippen LogP contribution in [0, 0.1) is 0 Å². The third kappa shape index (κ3) is 32.8. The quantitative estimate of drug-likeness (QED) is 0.0585. The molecular formula is C25H53O10PS2. The molecule has 0 aromatic carbocycles. The van der Waals surface area contributed by atoms with Crippen LogP contribution in [0.3, 0.4) is 0 Å². The van der Waals surface area contributed by atoms with Crippen LogP contribution >= 0.6 is 29.4 Å². The molecule has 38 heavy (non-hydrogen) atoms. The largest absolute Gasteiger partial charge is 0.472 e. The summed E-state index contributed by atoms with van der Waals surface area (Å²) in [7, 11) is -0.206. The summed E-state index contributed by atoms with van der Waals surface area (Å²) in [4.78, 5) is 9.71. The predicted octanol–water partition coefficient (Wildman–Crippen LogP) is 5.11. The second kappa shape index (κ2) is 32.1. The van der Waals surface area contributed by atoms with E-state index < -0.39 is 7.82 Å². The Bertz CT molecular complexity index is 509. The molecule has 0 heterocycles. The van der Waals surface area contributed by atoms with Crippen molar-refractivity contribution >= 4 is 29.4 Å². The van der Waals surface area contributed by atoms with Crippen LogP contribution in [0.5, 0.6) is 0 Å². The first-order valence-electron chi connectivity index (χ1n) is 14.0. The van der Waals surface area contributed by atoms with E-state index in [1.165, 1.54) is 12.8 Å². The Morgan fingerprint density at radius 3 is 1.39 bits per heavy atom. The van der Waals surface area contributed by atoms with E-state index in [1.54, 1.807) is 0 Å². The first kappa shape index (κ1) is 38.6. The lowest BCUT2D eigenvalue weighted by atomic mass is 10.2. The smallest absolute Gasteiger partial charge is 0.396 e. The molecule has 2 N–H and O–H groups in total. The second-order valence-corrected chi connectivity index (χ2v) is 12.5. The van der Waals surface area contributed by atoms with Crippen molar-refractivity contribution in [2.75, 3.05) is 97.4 Å². The van der Waals surface area contributed by atoms with Gasteiger partial charge in [0, 0.05) is 24.7 Å². The Morgan fingerprint density at radius 1 is 0.526 bits per heavy atom. The minimum absolute atomic E-state index is 0.0172. The number of unbranched alkanes of at least 4 members (excludes halogenated alkanes) is 6. The number of aliphatic hydroxyl groups is 1. The van der Waals surface area contributed by atoms with Gasteiger partial charge < -0.3 is 33.7 Å². The van der Waals surface area contributed by atoms with Crippen LogP contribution in [-0.2, 0) is 37.3 Å². The maximum Gasteiger partial charge on any atom is 0.472 e. The van der Waals surface area contributed by atoms with Gasteiger partial charge in [0.05, 0.1) is 72.7 Å². The van der Waals surface area contributed by atoms with Crippen molar-refractivity contribution in [3.05, 3.63) is 0 Å². The van der Waals surface area contributed by atoms with E-state index in [9.17, 15) is 9.46 Å². The topological polar surface area (TPSA) is 122 Å². The van der Waals surface area contributed by atoms with Crippen LogP contribution in [0.25, 0.3) is 0 Å². The fourth-order valence-electron chi connectivity index (χ4n) is 2.92. The minimum atomic E-state index is -4.03. The Hall–Kier alpha value is 0.570. The molecule has 0 saturated carbocycles. The van der Waals surface area contributed by atoms with Gasteiger partial charge in [0.2, 0.25) is 0 Å². The average Bonchev–Trinajstić information content (AvgIpc) is 2.90. The molecule has 0 aliphatic rings. The number of rotatable bonds is 33. The molecule has 0 aliphatic carbocycles. The third-order valence-corrected chi connectivity index (χ3v) is 8.51. The lowest BCUT2D eigenvalue weighted by Crippen LogP contribution is -2.14. The monoisotopic (exact) mass is 608 g/mol. The zero-order valence-electron chi connectivity index (χ0n) is 23.4. The number of ether oxygens (including phenoxy) is 5.